The number of anilines is 1. The third-order valence-corrected chi connectivity index (χ3v) is 5.67. The molecule has 1 fully saturated rings. The molecule has 3 rings (SSSR count). The summed E-state index contributed by atoms with van der Waals surface area (Å²) in [6.07, 6.45) is 1.23. The van der Waals surface area contributed by atoms with Crippen LogP contribution in [0.5, 0.6) is 0 Å². The van der Waals surface area contributed by atoms with Gasteiger partial charge in [-0.05, 0) is 30.4 Å². The van der Waals surface area contributed by atoms with Crippen LogP contribution in [0.1, 0.15) is 23.0 Å². The molecule has 1 amide bonds. The summed E-state index contributed by atoms with van der Waals surface area (Å²) in [5.74, 6) is 1.45. The van der Waals surface area contributed by atoms with Gasteiger partial charge in [0.1, 0.15) is 4.88 Å². The Morgan fingerprint density at radius 1 is 1.55 bits per heavy atom. The third-order valence-electron chi connectivity index (χ3n) is 4.02. The van der Waals surface area contributed by atoms with Gasteiger partial charge < -0.3 is 10.6 Å². The molecule has 1 saturated carbocycles. The van der Waals surface area contributed by atoms with Gasteiger partial charge in [-0.25, -0.2) is 0 Å². The van der Waals surface area contributed by atoms with Crippen molar-refractivity contribution in [2.45, 2.75) is 13.3 Å². The van der Waals surface area contributed by atoms with Crippen molar-refractivity contribution in [3.05, 3.63) is 27.5 Å². The van der Waals surface area contributed by atoms with Crippen LogP contribution < -0.4 is 5.73 Å². The number of nitrogen functional groups attached to an aromatic ring is 1. The van der Waals surface area contributed by atoms with Crippen molar-refractivity contribution in [1.82, 2.24) is 4.90 Å². The van der Waals surface area contributed by atoms with E-state index in [4.69, 9.17) is 5.73 Å². The minimum atomic E-state index is 0.0407. The van der Waals surface area contributed by atoms with E-state index in [1.807, 2.05) is 30.1 Å². The molecule has 1 aromatic heterocycles. The lowest BCUT2D eigenvalue weighted by molar-refractivity contribution is 0.0793. The molecule has 0 spiro atoms. The average Bonchev–Trinajstić information content (AvgIpc) is 2.99. The number of thiophene rings is 1. The number of nitrogens with two attached hydrogens (primary N) is 1. The van der Waals surface area contributed by atoms with E-state index < -0.39 is 0 Å². The van der Waals surface area contributed by atoms with E-state index in [1.54, 1.807) is 0 Å². The summed E-state index contributed by atoms with van der Waals surface area (Å²) in [6, 6.07) is 5.93. The van der Waals surface area contributed by atoms with E-state index in [-0.39, 0.29) is 5.91 Å². The lowest BCUT2D eigenvalue weighted by Crippen LogP contribution is -2.28. The zero-order valence-electron chi connectivity index (χ0n) is 11.5. The molecule has 1 aliphatic rings. The van der Waals surface area contributed by atoms with Crippen LogP contribution in [0.15, 0.2) is 22.7 Å². The van der Waals surface area contributed by atoms with Crippen LogP contribution >= 0.6 is 27.3 Å². The van der Waals surface area contributed by atoms with Crippen LogP contribution in [0.3, 0.4) is 0 Å². The van der Waals surface area contributed by atoms with Crippen LogP contribution in [0.4, 0.5) is 5.69 Å². The maximum absolute atomic E-state index is 12.5. The fraction of sp³-hybridized carbons (Fsp3) is 0.400. The van der Waals surface area contributed by atoms with E-state index in [1.165, 1.54) is 17.8 Å². The molecular formula is C15H17BrN2OS. The first-order valence-corrected chi connectivity index (χ1v) is 8.31. The van der Waals surface area contributed by atoms with Gasteiger partial charge in [0, 0.05) is 28.2 Å². The van der Waals surface area contributed by atoms with E-state index in [0.717, 1.165) is 27.0 Å². The van der Waals surface area contributed by atoms with Gasteiger partial charge in [0.05, 0.1) is 5.69 Å². The zero-order chi connectivity index (χ0) is 14.4. The predicted octanol–water partition coefficient (Wildman–Crippen LogP) is 3.97. The highest BCUT2D eigenvalue weighted by Gasteiger charge is 2.34. The van der Waals surface area contributed by atoms with Crippen molar-refractivity contribution in [3.63, 3.8) is 0 Å². The van der Waals surface area contributed by atoms with Gasteiger partial charge in [-0.1, -0.05) is 28.9 Å². The number of benzene rings is 1. The standard InChI is InChI=1S/C15H17BrN2OS/c1-8-5-9(8)7-18(2)15(19)14-13(17)11-4-3-10(16)6-12(11)20-14/h3-4,6,8-9H,5,7,17H2,1-2H3. The first-order valence-electron chi connectivity index (χ1n) is 6.70. The molecule has 2 aromatic rings. The van der Waals surface area contributed by atoms with Gasteiger partial charge >= 0.3 is 0 Å². The van der Waals surface area contributed by atoms with Crippen molar-refractivity contribution in [2.24, 2.45) is 11.8 Å². The van der Waals surface area contributed by atoms with Crippen LogP contribution in [-0.4, -0.2) is 24.4 Å². The Morgan fingerprint density at radius 2 is 2.25 bits per heavy atom. The third kappa shape index (κ3) is 2.44. The number of hydrogen-bond acceptors (Lipinski definition) is 3. The molecule has 1 aliphatic carbocycles. The predicted molar refractivity (Wildman–Crippen MR) is 88.2 cm³/mol. The summed E-state index contributed by atoms with van der Waals surface area (Å²) < 4.78 is 2.05. The van der Waals surface area contributed by atoms with Gasteiger partial charge in [0.2, 0.25) is 0 Å². The molecule has 5 heteroatoms. The topological polar surface area (TPSA) is 46.3 Å². The molecular weight excluding hydrogens is 336 g/mol. The smallest absolute Gasteiger partial charge is 0.265 e. The van der Waals surface area contributed by atoms with Gasteiger partial charge in [0.25, 0.3) is 5.91 Å². The van der Waals surface area contributed by atoms with Crippen molar-refractivity contribution >= 4 is 48.9 Å². The van der Waals surface area contributed by atoms with Crippen LogP contribution in [0, 0.1) is 11.8 Å². The highest BCUT2D eigenvalue weighted by molar-refractivity contribution is 9.10. The summed E-state index contributed by atoms with van der Waals surface area (Å²) in [6.45, 7) is 3.06. The Morgan fingerprint density at radius 3 is 2.90 bits per heavy atom. The van der Waals surface area contributed by atoms with E-state index in [9.17, 15) is 4.79 Å². The summed E-state index contributed by atoms with van der Waals surface area (Å²) >= 11 is 4.93. The lowest BCUT2D eigenvalue weighted by atomic mass is 10.2. The molecule has 0 aliphatic heterocycles. The molecule has 106 valence electrons. The SMILES string of the molecule is CC1CC1CN(C)C(=O)c1sc2cc(Br)ccc2c1N. The molecule has 1 aromatic carbocycles. The van der Waals surface area contributed by atoms with E-state index in [2.05, 4.69) is 22.9 Å². The minimum absolute atomic E-state index is 0.0407. The molecule has 0 saturated heterocycles. The Hall–Kier alpha value is -1.07. The quantitative estimate of drug-likeness (QED) is 0.908. The van der Waals surface area contributed by atoms with E-state index in [0.29, 0.717) is 16.5 Å². The Bertz CT molecular complexity index is 682. The van der Waals surface area contributed by atoms with Gasteiger partial charge in [-0.2, -0.15) is 0 Å². The molecule has 1 heterocycles. The first-order chi connectivity index (χ1) is 9.47. The summed E-state index contributed by atoms with van der Waals surface area (Å²) in [4.78, 5) is 15.0. The highest BCUT2D eigenvalue weighted by Crippen LogP contribution is 2.39. The molecule has 3 nitrogen and oxygen atoms in total. The van der Waals surface area contributed by atoms with Crippen molar-refractivity contribution in [1.29, 1.82) is 0 Å². The van der Waals surface area contributed by atoms with Crippen LogP contribution in [0.2, 0.25) is 0 Å². The molecule has 2 atom stereocenters. The molecule has 20 heavy (non-hydrogen) atoms. The van der Waals surface area contributed by atoms with Crippen molar-refractivity contribution in [3.8, 4) is 0 Å². The largest absolute Gasteiger partial charge is 0.397 e. The fourth-order valence-electron chi connectivity index (χ4n) is 2.51. The van der Waals surface area contributed by atoms with Crippen molar-refractivity contribution in [2.75, 3.05) is 19.3 Å². The van der Waals surface area contributed by atoms with Crippen molar-refractivity contribution < 1.29 is 4.79 Å². The number of fused-ring (bicyclic) bond motifs is 1. The lowest BCUT2D eigenvalue weighted by Gasteiger charge is -2.16. The monoisotopic (exact) mass is 352 g/mol. The normalized spacial score (nSPS) is 21.1. The Kier molecular flexibility index (Phi) is 3.50. The number of rotatable bonds is 3. The van der Waals surface area contributed by atoms with Gasteiger partial charge in [0.15, 0.2) is 0 Å². The number of amides is 1. The summed E-state index contributed by atoms with van der Waals surface area (Å²) in [7, 11) is 1.87. The maximum Gasteiger partial charge on any atom is 0.265 e. The fourth-order valence-corrected chi connectivity index (χ4v) is 4.18. The van der Waals surface area contributed by atoms with Gasteiger partial charge in [-0.3, -0.25) is 4.79 Å². The van der Waals surface area contributed by atoms with Crippen LogP contribution in [0.25, 0.3) is 10.1 Å². The first kappa shape index (κ1) is 13.9. The number of carbonyl (C=O) groups is 1. The second-order valence-electron chi connectivity index (χ2n) is 5.64. The number of carbonyl (C=O) groups excluding carboxylic acids is 1. The van der Waals surface area contributed by atoms with Gasteiger partial charge in [-0.15, -0.1) is 11.3 Å². The molecule has 0 bridgehead atoms. The summed E-state index contributed by atoms with van der Waals surface area (Å²) in [5, 5.41) is 0.967. The number of hydrogen-bond donors (Lipinski definition) is 1. The Labute approximate surface area is 130 Å². The molecule has 0 radical (unpaired) electrons. The number of halogens is 1. The maximum atomic E-state index is 12.5. The molecule has 2 unspecified atom stereocenters. The average molecular weight is 353 g/mol. The Balaban J connectivity index is 1.89. The van der Waals surface area contributed by atoms with E-state index >= 15 is 0 Å². The van der Waals surface area contributed by atoms with Crippen LogP contribution in [-0.2, 0) is 0 Å². The zero-order valence-corrected chi connectivity index (χ0v) is 13.9. The minimum Gasteiger partial charge on any atom is -0.397 e. The second-order valence-corrected chi connectivity index (χ2v) is 7.61. The molecule has 2 N–H and O–H groups in total. The second kappa shape index (κ2) is 5.04. The number of nitrogens with zero attached hydrogens (tertiary/aromatic N) is 1. The highest BCUT2D eigenvalue weighted by atomic mass is 79.9. The summed E-state index contributed by atoms with van der Waals surface area (Å²) in [5.41, 5.74) is 6.76.